The van der Waals surface area contributed by atoms with Crippen molar-refractivity contribution in [2.75, 3.05) is 26.2 Å². The van der Waals surface area contributed by atoms with E-state index >= 15 is 0 Å². The van der Waals surface area contributed by atoms with Crippen LogP contribution in [-0.2, 0) is 9.47 Å². The second kappa shape index (κ2) is 7.86. The van der Waals surface area contributed by atoms with Crippen LogP contribution >= 0.6 is 0 Å². The van der Waals surface area contributed by atoms with Gasteiger partial charge in [-0.2, -0.15) is 0 Å². The zero-order valence-corrected chi connectivity index (χ0v) is 15.1. The first kappa shape index (κ1) is 19.5. The van der Waals surface area contributed by atoms with Crippen molar-refractivity contribution in [1.82, 2.24) is 16.0 Å². The molecule has 1 rings (SSSR count). The van der Waals surface area contributed by atoms with Crippen LogP contribution in [0.4, 0.5) is 9.59 Å². The molecule has 1 aliphatic heterocycles. The number of hydrogen-bond acceptors (Lipinski definition) is 5. The summed E-state index contributed by atoms with van der Waals surface area (Å²) in [6.07, 6.45) is -0.827. The smallest absolute Gasteiger partial charge is 0.407 e. The van der Waals surface area contributed by atoms with Crippen molar-refractivity contribution in [1.29, 1.82) is 0 Å². The van der Waals surface area contributed by atoms with E-state index in [1.54, 1.807) is 0 Å². The molecule has 0 aromatic carbocycles. The van der Waals surface area contributed by atoms with Crippen molar-refractivity contribution in [2.24, 2.45) is 11.8 Å². The Morgan fingerprint density at radius 1 is 0.870 bits per heavy atom. The number of rotatable bonds is 4. The van der Waals surface area contributed by atoms with Crippen LogP contribution in [0.15, 0.2) is 0 Å². The number of carbonyl (C=O) groups is 2. The fraction of sp³-hybridized carbons (Fsp3) is 0.875. The van der Waals surface area contributed by atoms with Gasteiger partial charge in [-0.25, -0.2) is 9.59 Å². The van der Waals surface area contributed by atoms with E-state index in [0.717, 1.165) is 13.1 Å². The van der Waals surface area contributed by atoms with Gasteiger partial charge in [0.1, 0.15) is 11.2 Å². The van der Waals surface area contributed by atoms with E-state index in [0.29, 0.717) is 13.1 Å². The Morgan fingerprint density at radius 3 is 1.52 bits per heavy atom. The molecule has 23 heavy (non-hydrogen) atoms. The van der Waals surface area contributed by atoms with Gasteiger partial charge in [0, 0.05) is 26.2 Å². The van der Waals surface area contributed by atoms with Crippen molar-refractivity contribution in [2.45, 2.75) is 52.7 Å². The molecule has 7 heteroatoms. The predicted octanol–water partition coefficient (Wildman–Crippen LogP) is 1.87. The molecule has 0 aromatic rings. The van der Waals surface area contributed by atoms with Crippen LogP contribution in [0.25, 0.3) is 0 Å². The summed E-state index contributed by atoms with van der Waals surface area (Å²) >= 11 is 0. The fourth-order valence-electron chi connectivity index (χ4n) is 2.32. The van der Waals surface area contributed by atoms with Crippen molar-refractivity contribution in [3.63, 3.8) is 0 Å². The number of nitrogens with one attached hydrogen (secondary N) is 3. The van der Waals surface area contributed by atoms with E-state index < -0.39 is 23.4 Å². The van der Waals surface area contributed by atoms with Gasteiger partial charge in [-0.15, -0.1) is 0 Å². The molecule has 0 spiro atoms. The number of hydrogen-bond donors (Lipinski definition) is 3. The van der Waals surface area contributed by atoms with Gasteiger partial charge in [0.2, 0.25) is 0 Å². The SMILES string of the molecule is CC(C)(C)OC(=O)NC[C@H]1CNC[C@@H]1CNC(=O)OC(C)(C)C. The second-order valence-corrected chi connectivity index (χ2v) is 7.94. The molecule has 0 unspecified atom stereocenters. The van der Waals surface area contributed by atoms with E-state index in [-0.39, 0.29) is 11.8 Å². The molecule has 1 fully saturated rings. The van der Waals surface area contributed by atoms with Gasteiger partial charge in [-0.1, -0.05) is 0 Å². The average molecular weight is 329 g/mol. The zero-order valence-electron chi connectivity index (χ0n) is 15.1. The maximum absolute atomic E-state index is 11.7. The summed E-state index contributed by atoms with van der Waals surface area (Å²) in [7, 11) is 0. The third-order valence-electron chi connectivity index (χ3n) is 3.29. The van der Waals surface area contributed by atoms with Gasteiger partial charge in [0.05, 0.1) is 0 Å². The molecule has 1 aliphatic rings. The highest BCUT2D eigenvalue weighted by Gasteiger charge is 2.29. The maximum Gasteiger partial charge on any atom is 0.407 e. The van der Waals surface area contributed by atoms with Crippen LogP contribution in [0.2, 0.25) is 0 Å². The Morgan fingerprint density at radius 2 is 1.22 bits per heavy atom. The van der Waals surface area contributed by atoms with Crippen molar-refractivity contribution in [3.05, 3.63) is 0 Å². The quantitative estimate of drug-likeness (QED) is 0.733. The summed E-state index contributed by atoms with van der Waals surface area (Å²) in [5.74, 6) is 0.495. The maximum atomic E-state index is 11.7. The van der Waals surface area contributed by atoms with Crippen LogP contribution < -0.4 is 16.0 Å². The van der Waals surface area contributed by atoms with Gasteiger partial charge < -0.3 is 25.4 Å². The van der Waals surface area contributed by atoms with E-state index in [1.807, 2.05) is 41.5 Å². The Balaban J connectivity index is 2.34. The van der Waals surface area contributed by atoms with Crippen molar-refractivity contribution in [3.8, 4) is 0 Å². The molecule has 7 nitrogen and oxygen atoms in total. The van der Waals surface area contributed by atoms with Crippen LogP contribution in [0.5, 0.6) is 0 Å². The highest BCUT2D eigenvalue weighted by atomic mass is 16.6. The third-order valence-corrected chi connectivity index (χ3v) is 3.29. The lowest BCUT2D eigenvalue weighted by Gasteiger charge is -2.24. The van der Waals surface area contributed by atoms with E-state index in [4.69, 9.17) is 9.47 Å². The summed E-state index contributed by atoms with van der Waals surface area (Å²) in [5, 5.41) is 8.87. The molecule has 0 saturated carbocycles. The minimum Gasteiger partial charge on any atom is -0.444 e. The molecule has 2 atom stereocenters. The molecular formula is C16H31N3O4. The fourth-order valence-corrected chi connectivity index (χ4v) is 2.32. The molecule has 0 bridgehead atoms. The van der Waals surface area contributed by atoms with Crippen LogP contribution in [0, 0.1) is 11.8 Å². The summed E-state index contributed by atoms with van der Waals surface area (Å²) in [6.45, 7) is 13.6. The first-order valence-electron chi connectivity index (χ1n) is 8.11. The van der Waals surface area contributed by atoms with E-state index in [1.165, 1.54) is 0 Å². The Labute approximate surface area is 138 Å². The minimum atomic E-state index is -0.504. The Kier molecular flexibility index (Phi) is 6.68. The van der Waals surface area contributed by atoms with Crippen LogP contribution in [-0.4, -0.2) is 49.6 Å². The number of ether oxygens (including phenoxy) is 2. The highest BCUT2D eigenvalue weighted by molar-refractivity contribution is 5.68. The van der Waals surface area contributed by atoms with Crippen LogP contribution in [0.3, 0.4) is 0 Å². The molecule has 0 radical (unpaired) electrons. The van der Waals surface area contributed by atoms with Gasteiger partial charge in [-0.05, 0) is 53.4 Å². The number of amides is 2. The molecule has 0 aromatic heterocycles. The summed E-state index contributed by atoms with van der Waals surface area (Å²) < 4.78 is 10.5. The predicted molar refractivity (Wildman–Crippen MR) is 88.3 cm³/mol. The molecule has 3 N–H and O–H groups in total. The first-order valence-corrected chi connectivity index (χ1v) is 8.11. The normalized spacial score (nSPS) is 21.7. The average Bonchev–Trinajstić information content (AvgIpc) is 2.77. The lowest BCUT2D eigenvalue weighted by Crippen LogP contribution is -2.40. The highest BCUT2D eigenvalue weighted by Crippen LogP contribution is 2.16. The Bertz CT molecular complexity index is 375. The standard InChI is InChI=1S/C16H31N3O4/c1-15(2,3)22-13(20)18-9-11-7-17-8-12(11)10-19-14(21)23-16(4,5)6/h11-12,17H,7-10H2,1-6H3,(H,18,20)(H,19,21)/t11-,12-/m1/s1. The molecule has 1 heterocycles. The van der Waals surface area contributed by atoms with E-state index in [2.05, 4.69) is 16.0 Å². The monoisotopic (exact) mass is 329 g/mol. The largest absolute Gasteiger partial charge is 0.444 e. The number of alkyl carbamates (subject to hydrolysis) is 2. The summed E-state index contributed by atoms with van der Waals surface area (Å²) in [6, 6.07) is 0. The first-order chi connectivity index (χ1) is 10.5. The van der Waals surface area contributed by atoms with Gasteiger partial charge >= 0.3 is 12.2 Å². The molecule has 1 saturated heterocycles. The van der Waals surface area contributed by atoms with Crippen LogP contribution in [0.1, 0.15) is 41.5 Å². The molecule has 0 aliphatic carbocycles. The van der Waals surface area contributed by atoms with Gasteiger partial charge in [-0.3, -0.25) is 0 Å². The van der Waals surface area contributed by atoms with E-state index in [9.17, 15) is 9.59 Å². The second-order valence-electron chi connectivity index (χ2n) is 7.94. The lowest BCUT2D eigenvalue weighted by molar-refractivity contribution is 0.0491. The van der Waals surface area contributed by atoms with Gasteiger partial charge in [0.15, 0.2) is 0 Å². The van der Waals surface area contributed by atoms with Crippen molar-refractivity contribution >= 4 is 12.2 Å². The summed E-state index contributed by atoms with van der Waals surface area (Å²) in [5.41, 5.74) is -1.01. The minimum absolute atomic E-state index is 0.248. The molecule has 2 amide bonds. The molecular weight excluding hydrogens is 298 g/mol. The zero-order chi connectivity index (χ0) is 17.7. The summed E-state index contributed by atoms with van der Waals surface area (Å²) in [4.78, 5) is 23.4. The van der Waals surface area contributed by atoms with Gasteiger partial charge in [0.25, 0.3) is 0 Å². The van der Waals surface area contributed by atoms with Crippen molar-refractivity contribution < 1.29 is 19.1 Å². The number of carbonyl (C=O) groups excluding carboxylic acids is 2. The topological polar surface area (TPSA) is 88.7 Å². The third kappa shape index (κ3) is 8.64. The Hall–Kier alpha value is -1.50. The lowest BCUT2D eigenvalue weighted by atomic mass is 9.96. The molecule has 134 valence electrons.